The van der Waals surface area contributed by atoms with Crippen molar-refractivity contribution >= 4 is 229 Å². The Bertz CT molecular complexity index is 11500. The first-order valence-corrected chi connectivity index (χ1v) is 50.8. The third kappa shape index (κ3) is 13.1. The van der Waals surface area contributed by atoms with E-state index in [0.29, 0.717) is 17.8 Å². The van der Waals surface area contributed by atoms with Crippen LogP contribution in [0.1, 0.15) is 0 Å². The summed E-state index contributed by atoms with van der Waals surface area (Å²) in [7, 11) is 0. The Morgan fingerprint density at radius 3 is 0.847 bits per heavy atom. The number of aromatic nitrogens is 9. The minimum absolute atomic E-state index is 0.639. The van der Waals surface area contributed by atoms with E-state index in [1.54, 1.807) is 0 Å². The number of hydrogen-bond donors (Lipinski definition) is 0. The maximum atomic E-state index is 6.60. The zero-order chi connectivity index (χ0) is 98.3. The lowest BCUT2D eigenvalue weighted by molar-refractivity contribution is 0.672. The molecule has 0 saturated carbocycles. The molecule has 12 heteroatoms. The summed E-state index contributed by atoms with van der Waals surface area (Å²) in [4.78, 5) is 32.1. The SMILES string of the molecule is c1ccc(-c2ccc3cc(-c4nc(-n5c6ccccc6c6c7c8ccccc8oc7c7ccccc7c65)nc5ccccc45)ccc3c2)cc1.c1ccc2c(-c3ccc(-c4nc(-n5c6ccccc6c6c7c8ccccc8oc7c7ccccc7c65)nc5ccccc45)cc3)cccc2c1.c1ccc2cc(-c3ccc(-c4nc(-n5c6ccccc6c6c7c8ccccc8oc7c7ccccc7c65)nc5ccccc45)cc3)ccc2c1. The van der Waals surface area contributed by atoms with Crippen molar-refractivity contribution in [1.82, 2.24) is 43.6 Å². The topological polar surface area (TPSA) is 132 Å². The molecule has 0 spiro atoms. The van der Waals surface area contributed by atoms with Gasteiger partial charge in [-0.3, -0.25) is 13.7 Å². The summed E-state index contributed by atoms with van der Waals surface area (Å²) < 4.78 is 26.6. The molecule has 0 aliphatic carbocycles. The van der Waals surface area contributed by atoms with E-state index in [9.17, 15) is 0 Å². The quantitative estimate of drug-likeness (QED) is 0.139. The zero-order valence-electron chi connectivity index (χ0n) is 80.5. The van der Waals surface area contributed by atoms with Gasteiger partial charge in [0.15, 0.2) is 0 Å². The van der Waals surface area contributed by atoms with Crippen LogP contribution in [0, 0.1) is 0 Å². The predicted octanol–water partition coefficient (Wildman–Crippen LogP) is 36.8. The first kappa shape index (κ1) is 84.2. The van der Waals surface area contributed by atoms with Gasteiger partial charge in [0, 0.05) is 130 Å². The molecule has 0 N–H and O–H groups in total. The van der Waals surface area contributed by atoms with E-state index in [2.05, 4.69) is 481 Å². The smallest absolute Gasteiger partial charge is 0.235 e. The molecule has 0 fully saturated rings. The Morgan fingerprint density at radius 2 is 0.427 bits per heavy atom. The lowest BCUT2D eigenvalue weighted by Gasteiger charge is -2.13. The molecular formula is C138H81N9O3. The summed E-state index contributed by atoms with van der Waals surface area (Å²) in [5, 5.41) is 30.4. The molecule has 33 rings (SSSR count). The molecule has 24 aromatic carbocycles. The predicted molar refractivity (Wildman–Crippen MR) is 621 cm³/mol. The summed E-state index contributed by atoms with van der Waals surface area (Å²) in [6.45, 7) is 0. The molecule has 0 bridgehead atoms. The largest absolute Gasteiger partial charge is 0.455 e. The van der Waals surface area contributed by atoms with Crippen LogP contribution in [0.3, 0.4) is 0 Å². The third-order valence-corrected chi connectivity index (χ3v) is 30.5. The maximum absolute atomic E-state index is 6.60. The fourth-order valence-corrected chi connectivity index (χ4v) is 23.8. The van der Waals surface area contributed by atoms with Gasteiger partial charge in [0.25, 0.3) is 0 Å². The minimum Gasteiger partial charge on any atom is -0.455 e. The minimum atomic E-state index is 0.639. The van der Waals surface area contributed by atoms with Crippen molar-refractivity contribution in [3.63, 3.8) is 0 Å². The molecule has 0 atom stereocenters. The van der Waals surface area contributed by atoms with Gasteiger partial charge in [0.05, 0.1) is 66.7 Å². The number of nitrogens with zero attached hydrogens (tertiary/aromatic N) is 9. The van der Waals surface area contributed by atoms with E-state index in [1.807, 2.05) is 24.3 Å². The van der Waals surface area contributed by atoms with Crippen LogP contribution in [0.2, 0.25) is 0 Å². The number of hydrogen-bond acceptors (Lipinski definition) is 9. The summed E-state index contributed by atoms with van der Waals surface area (Å²) in [6, 6.07) is 173. The van der Waals surface area contributed by atoms with Crippen LogP contribution in [0.25, 0.3) is 314 Å². The van der Waals surface area contributed by atoms with Crippen LogP contribution < -0.4 is 0 Å². The molecule has 0 amide bonds. The maximum Gasteiger partial charge on any atom is 0.235 e. The first-order chi connectivity index (χ1) is 74.4. The molecule has 0 aliphatic heterocycles. The Hall–Kier alpha value is -20.3. The average Bonchev–Trinajstić information content (AvgIpc) is 1.54. The second-order valence-electron chi connectivity index (χ2n) is 38.8. The van der Waals surface area contributed by atoms with Gasteiger partial charge in [-0.05, 0) is 138 Å². The molecule has 9 aromatic heterocycles. The van der Waals surface area contributed by atoms with Crippen LogP contribution in [-0.4, -0.2) is 43.6 Å². The highest BCUT2D eigenvalue weighted by atomic mass is 16.3. The standard InChI is InChI=1S/3C46H27N3O/c1-2-14-31-28(12-1)13-11-20-32(31)29-24-26-30(27-25-29)43-35-17-5-8-21-38(35)47-46(48-43)49-39-22-9-6-18-36(39)41-42-37-19-7-10-23-40(37)50-45(42)34-16-4-3-15-33(34)44(41)49;1-2-12-31-27-32(26-23-28(31)11-1)29-21-24-30(25-22-29)43-35-15-5-8-18-38(35)47-46(48-43)49-39-19-9-6-16-36(39)41-42-37-17-7-10-20-40(37)50-45(42)34-14-4-3-13-33(34)44(41)49;1-2-12-28(13-3-1)29-22-23-31-27-32(25-24-30(31)26-29)43-35-16-6-9-19-38(35)47-46(48-43)49-39-20-10-7-17-36(39)41-42-37-18-8-11-21-40(37)50-45(42)34-15-5-4-14-33(34)44(41)49/h3*1-27H. The second kappa shape index (κ2) is 33.6. The van der Waals surface area contributed by atoms with Crippen molar-refractivity contribution in [1.29, 1.82) is 0 Å². The fourth-order valence-electron chi connectivity index (χ4n) is 23.8. The molecule has 696 valence electrons. The molecular weight excluding hydrogens is 1830 g/mol. The molecule has 0 aliphatic rings. The lowest BCUT2D eigenvalue weighted by Crippen LogP contribution is -2.03. The monoisotopic (exact) mass is 1910 g/mol. The first-order valence-electron chi connectivity index (χ1n) is 50.8. The molecule has 12 nitrogen and oxygen atoms in total. The lowest BCUT2D eigenvalue weighted by atomic mass is 9.96. The van der Waals surface area contributed by atoms with Gasteiger partial charge in [-0.2, -0.15) is 0 Å². The average molecular weight is 1910 g/mol. The number of benzene rings is 24. The Labute approximate surface area is 855 Å². The normalized spacial score (nSPS) is 12.0. The van der Waals surface area contributed by atoms with Gasteiger partial charge in [0.2, 0.25) is 17.8 Å². The third-order valence-electron chi connectivity index (χ3n) is 30.5. The molecule has 0 unspecified atom stereocenters. The van der Waals surface area contributed by atoms with Crippen molar-refractivity contribution in [2.24, 2.45) is 0 Å². The molecule has 150 heavy (non-hydrogen) atoms. The van der Waals surface area contributed by atoms with Crippen LogP contribution in [0.15, 0.2) is 505 Å². The molecule has 33 aromatic rings. The van der Waals surface area contributed by atoms with E-state index >= 15 is 0 Å². The summed E-state index contributed by atoms with van der Waals surface area (Å²) in [5.41, 5.74) is 27.5. The van der Waals surface area contributed by atoms with Gasteiger partial charge in [-0.1, -0.05) is 419 Å². The van der Waals surface area contributed by atoms with Crippen LogP contribution >= 0.6 is 0 Å². The van der Waals surface area contributed by atoms with E-state index < -0.39 is 0 Å². The van der Waals surface area contributed by atoms with Gasteiger partial charge in [-0.25, -0.2) is 29.9 Å². The number of para-hydroxylation sites is 9. The van der Waals surface area contributed by atoms with Crippen molar-refractivity contribution < 1.29 is 13.3 Å². The summed E-state index contributed by atoms with van der Waals surface area (Å²) >= 11 is 0. The summed E-state index contributed by atoms with van der Waals surface area (Å²) in [6.07, 6.45) is 0. The van der Waals surface area contributed by atoms with Crippen molar-refractivity contribution in [2.75, 3.05) is 0 Å². The second-order valence-corrected chi connectivity index (χ2v) is 38.8. The summed E-state index contributed by atoms with van der Waals surface area (Å²) in [5.74, 6) is 1.92. The van der Waals surface area contributed by atoms with Crippen LogP contribution in [0.4, 0.5) is 0 Å². The number of rotatable bonds is 9. The van der Waals surface area contributed by atoms with Gasteiger partial charge >= 0.3 is 0 Å². The van der Waals surface area contributed by atoms with E-state index in [-0.39, 0.29) is 0 Å². The molecule has 0 saturated heterocycles. The van der Waals surface area contributed by atoms with Crippen LogP contribution in [0.5, 0.6) is 0 Å². The highest BCUT2D eigenvalue weighted by Crippen LogP contribution is 2.52. The van der Waals surface area contributed by atoms with E-state index in [0.717, 1.165) is 230 Å². The van der Waals surface area contributed by atoms with Gasteiger partial charge < -0.3 is 13.3 Å². The van der Waals surface area contributed by atoms with E-state index in [1.165, 1.54) is 65.7 Å². The highest BCUT2D eigenvalue weighted by Gasteiger charge is 2.31. The Morgan fingerprint density at radius 1 is 0.153 bits per heavy atom. The van der Waals surface area contributed by atoms with Gasteiger partial charge in [-0.15, -0.1) is 0 Å². The molecule has 9 heterocycles. The Balaban J connectivity index is 0.000000101. The fraction of sp³-hybridized carbons (Fsp3) is 0. The zero-order valence-corrected chi connectivity index (χ0v) is 80.5. The van der Waals surface area contributed by atoms with Gasteiger partial charge in [0.1, 0.15) is 33.5 Å². The van der Waals surface area contributed by atoms with Crippen molar-refractivity contribution in [3.8, 4) is 85.0 Å². The molecule has 0 radical (unpaired) electrons. The van der Waals surface area contributed by atoms with Crippen LogP contribution in [-0.2, 0) is 0 Å². The number of fused-ring (bicyclic) bond motifs is 36. The Kier molecular flexibility index (Phi) is 18.9. The number of furan rings is 3. The van der Waals surface area contributed by atoms with Crippen molar-refractivity contribution in [3.05, 3.63) is 491 Å². The van der Waals surface area contributed by atoms with E-state index in [4.69, 9.17) is 43.2 Å². The van der Waals surface area contributed by atoms with Crippen molar-refractivity contribution in [2.45, 2.75) is 0 Å². The highest BCUT2D eigenvalue weighted by molar-refractivity contribution is 6.39.